The largest absolute Gasteiger partial charge is 0.343 e. The second-order valence-electron chi connectivity index (χ2n) is 7.55. The van der Waals surface area contributed by atoms with Gasteiger partial charge in [0.05, 0.1) is 23.3 Å². The summed E-state index contributed by atoms with van der Waals surface area (Å²) in [4.78, 5) is 30.2. The summed E-state index contributed by atoms with van der Waals surface area (Å²) in [5, 5.41) is 6.87. The van der Waals surface area contributed by atoms with E-state index in [1.807, 2.05) is 74.5 Å². The monoisotopic (exact) mass is 443 g/mol. The molecule has 0 radical (unpaired) electrons. The van der Waals surface area contributed by atoms with Crippen LogP contribution in [0.2, 0.25) is 5.02 Å². The van der Waals surface area contributed by atoms with Crippen LogP contribution >= 0.6 is 11.6 Å². The van der Waals surface area contributed by atoms with Crippen molar-refractivity contribution in [3.05, 3.63) is 94.5 Å². The molecule has 4 aromatic rings. The van der Waals surface area contributed by atoms with E-state index in [1.165, 1.54) is 0 Å². The van der Waals surface area contributed by atoms with Crippen LogP contribution < -0.4 is 10.6 Å². The van der Waals surface area contributed by atoms with E-state index in [1.54, 1.807) is 12.1 Å². The van der Waals surface area contributed by atoms with Gasteiger partial charge in [0.15, 0.2) is 0 Å². The van der Waals surface area contributed by atoms with E-state index in [0.717, 1.165) is 22.4 Å². The summed E-state index contributed by atoms with van der Waals surface area (Å²) in [5.41, 5.74) is 5.15. The van der Waals surface area contributed by atoms with Crippen LogP contribution in [0.1, 0.15) is 21.5 Å². The Morgan fingerprint density at radius 3 is 2.34 bits per heavy atom. The van der Waals surface area contributed by atoms with Gasteiger partial charge in [-0.25, -0.2) is 4.98 Å². The standard InChI is InChI=1S/C26H22ClN3O2/c1-16-8-7-9-17(2)25(16)30-24(31)15-28-26(32)20-14-23(19-11-3-5-12-21(19)27)29-22-13-6-4-10-18(20)22/h3-14H,15H2,1-2H3,(H,28,32)(H,30,31). The van der Waals surface area contributed by atoms with Gasteiger partial charge < -0.3 is 10.6 Å². The summed E-state index contributed by atoms with van der Waals surface area (Å²) >= 11 is 6.35. The molecule has 0 aliphatic carbocycles. The van der Waals surface area contributed by atoms with E-state index in [2.05, 4.69) is 15.6 Å². The van der Waals surface area contributed by atoms with Crippen molar-refractivity contribution in [3.8, 4) is 11.3 Å². The molecule has 0 bridgehead atoms. The van der Waals surface area contributed by atoms with Crippen LogP contribution in [0.4, 0.5) is 5.69 Å². The van der Waals surface area contributed by atoms with Gasteiger partial charge in [-0.05, 0) is 43.2 Å². The normalized spacial score (nSPS) is 10.7. The van der Waals surface area contributed by atoms with Gasteiger partial charge in [-0.1, -0.05) is 66.2 Å². The minimum Gasteiger partial charge on any atom is -0.343 e. The fraction of sp³-hybridized carbons (Fsp3) is 0.115. The topological polar surface area (TPSA) is 71.1 Å². The first kappa shape index (κ1) is 21.5. The third kappa shape index (κ3) is 4.48. The summed E-state index contributed by atoms with van der Waals surface area (Å²) in [5.74, 6) is -0.644. The van der Waals surface area contributed by atoms with E-state index < -0.39 is 0 Å². The second kappa shape index (κ2) is 9.20. The number of aryl methyl sites for hydroxylation is 2. The molecular formula is C26H22ClN3O2. The Balaban J connectivity index is 1.59. The summed E-state index contributed by atoms with van der Waals surface area (Å²) in [6.07, 6.45) is 0. The molecule has 0 aliphatic rings. The molecule has 160 valence electrons. The molecule has 4 rings (SSSR count). The molecule has 0 fully saturated rings. The van der Waals surface area contributed by atoms with Crippen molar-refractivity contribution < 1.29 is 9.59 Å². The summed E-state index contributed by atoms with van der Waals surface area (Å²) in [6.45, 7) is 3.71. The van der Waals surface area contributed by atoms with Gasteiger partial charge in [-0.2, -0.15) is 0 Å². The number of fused-ring (bicyclic) bond motifs is 1. The van der Waals surface area contributed by atoms with Crippen molar-refractivity contribution >= 4 is 40.0 Å². The molecule has 1 heterocycles. The molecule has 3 aromatic carbocycles. The van der Waals surface area contributed by atoms with Crippen LogP contribution in [0.5, 0.6) is 0 Å². The lowest BCUT2D eigenvalue weighted by molar-refractivity contribution is -0.115. The van der Waals surface area contributed by atoms with Crippen LogP contribution in [0.15, 0.2) is 72.8 Å². The Bertz CT molecular complexity index is 1310. The van der Waals surface area contributed by atoms with Crippen LogP contribution in [-0.4, -0.2) is 23.3 Å². The SMILES string of the molecule is Cc1cccc(C)c1NC(=O)CNC(=O)c1cc(-c2ccccc2Cl)nc2ccccc12. The number of anilines is 1. The number of para-hydroxylation sites is 2. The minimum absolute atomic E-state index is 0.148. The van der Waals surface area contributed by atoms with Crippen LogP contribution in [0.3, 0.4) is 0 Å². The maximum absolute atomic E-state index is 13.1. The zero-order chi connectivity index (χ0) is 22.7. The van der Waals surface area contributed by atoms with E-state index in [9.17, 15) is 9.59 Å². The van der Waals surface area contributed by atoms with Gasteiger partial charge in [-0.3, -0.25) is 9.59 Å². The highest BCUT2D eigenvalue weighted by Crippen LogP contribution is 2.29. The van der Waals surface area contributed by atoms with Gasteiger partial charge in [0, 0.05) is 21.7 Å². The van der Waals surface area contributed by atoms with E-state index in [-0.39, 0.29) is 18.4 Å². The third-order valence-corrected chi connectivity index (χ3v) is 5.60. The van der Waals surface area contributed by atoms with Crippen molar-refractivity contribution in [2.75, 3.05) is 11.9 Å². The molecule has 5 nitrogen and oxygen atoms in total. The number of rotatable bonds is 5. The highest BCUT2D eigenvalue weighted by molar-refractivity contribution is 6.33. The molecule has 0 atom stereocenters. The van der Waals surface area contributed by atoms with Crippen molar-refractivity contribution in [1.29, 1.82) is 0 Å². The molecule has 0 saturated carbocycles. The van der Waals surface area contributed by atoms with Crippen molar-refractivity contribution in [2.24, 2.45) is 0 Å². The Morgan fingerprint density at radius 2 is 1.59 bits per heavy atom. The molecular weight excluding hydrogens is 422 g/mol. The lowest BCUT2D eigenvalue weighted by Crippen LogP contribution is -2.33. The highest BCUT2D eigenvalue weighted by atomic mass is 35.5. The molecule has 6 heteroatoms. The first-order chi connectivity index (χ1) is 15.4. The Kier molecular flexibility index (Phi) is 6.19. The van der Waals surface area contributed by atoms with Gasteiger partial charge in [-0.15, -0.1) is 0 Å². The minimum atomic E-state index is -0.353. The molecule has 0 aliphatic heterocycles. The highest BCUT2D eigenvalue weighted by Gasteiger charge is 2.16. The lowest BCUT2D eigenvalue weighted by Gasteiger charge is -2.13. The number of amides is 2. The fourth-order valence-corrected chi connectivity index (χ4v) is 3.85. The number of hydrogen-bond acceptors (Lipinski definition) is 3. The number of carbonyl (C=O) groups is 2. The molecule has 0 saturated heterocycles. The van der Waals surface area contributed by atoms with Crippen LogP contribution in [-0.2, 0) is 4.79 Å². The average Bonchev–Trinajstić information content (AvgIpc) is 2.79. The number of benzene rings is 3. The third-order valence-electron chi connectivity index (χ3n) is 5.27. The number of hydrogen-bond donors (Lipinski definition) is 2. The molecule has 1 aromatic heterocycles. The van der Waals surface area contributed by atoms with E-state index >= 15 is 0 Å². The average molecular weight is 444 g/mol. The number of carbonyl (C=O) groups excluding carboxylic acids is 2. The lowest BCUT2D eigenvalue weighted by atomic mass is 10.0. The molecule has 32 heavy (non-hydrogen) atoms. The number of nitrogens with zero attached hydrogens (tertiary/aromatic N) is 1. The number of pyridine rings is 1. The maximum Gasteiger partial charge on any atom is 0.252 e. The van der Waals surface area contributed by atoms with Gasteiger partial charge in [0.25, 0.3) is 5.91 Å². The van der Waals surface area contributed by atoms with Gasteiger partial charge >= 0.3 is 0 Å². The molecule has 0 spiro atoms. The number of aromatic nitrogens is 1. The predicted molar refractivity (Wildman–Crippen MR) is 129 cm³/mol. The van der Waals surface area contributed by atoms with E-state index in [4.69, 9.17) is 11.6 Å². The van der Waals surface area contributed by atoms with Crippen molar-refractivity contribution in [3.63, 3.8) is 0 Å². The number of nitrogens with one attached hydrogen (secondary N) is 2. The van der Waals surface area contributed by atoms with E-state index in [0.29, 0.717) is 27.2 Å². The summed E-state index contributed by atoms with van der Waals surface area (Å²) < 4.78 is 0. The molecule has 2 amide bonds. The zero-order valence-corrected chi connectivity index (χ0v) is 18.5. The summed E-state index contributed by atoms with van der Waals surface area (Å²) in [7, 11) is 0. The first-order valence-corrected chi connectivity index (χ1v) is 10.6. The first-order valence-electron chi connectivity index (χ1n) is 10.2. The molecule has 0 unspecified atom stereocenters. The predicted octanol–water partition coefficient (Wildman–Crippen LogP) is 5.54. The van der Waals surface area contributed by atoms with Crippen molar-refractivity contribution in [1.82, 2.24) is 10.3 Å². The van der Waals surface area contributed by atoms with Gasteiger partial charge in [0.1, 0.15) is 0 Å². The Labute approximate surface area is 191 Å². The van der Waals surface area contributed by atoms with Crippen LogP contribution in [0.25, 0.3) is 22.2 Å². The Hall–Kier alpha value is -3.70. The second-order valence-corrected chi connectivity index (χ2v) is 7.96. The van der Waals surface area contributed by atoms with Gasteiger partial charge in [0.2, 0.25) is 5.91 Å². The van der Waals surface area contributed by atoms with Crippen molar-refractivity contribution in [2.45, 2.75) is 13.8 Å². The molecule has 2 N–H and O–H groups in total. The number of halogens is 1. The smallest absolute Gasteiger partial charge is 0.252 e. The zero-order valence-electron chi connectivity index (χ0n) is 17.8. The Morgan fingerprint density at radius 1 is 0.906 bits per heavy atom. The quantitative estimate of drug-likeness (QED) is 0.425. The fourth-order valence-electron chi connectivity index (χ4n) is 3.62. The maximum atomic E-state index is 13.1. The summed E-state index contributed by atoms with van der Waals surface area (Å²) in [6, 6.07) is 22.3. The van der Waals surface area contributed by atoms with Crippen LogP contribution in [0, 0.1) is 13.8 Å².